The second-order valence-corrected chi connectivity index (χ2v) is 6.47. The van der Waals surface area contributed by atoms with Gasteiger partial charge in [0, 0.05) is 11.0 Å². The minimum absolute atomic E-state index is 0.116. The van der Waals surface area contributed by atoms with E-state index in [1.54, 1.807) is 23.5 Å². The smallest absolute Gasteiger partial charge is 0.331 e. The van der Waals surface area contributed by atoms with Crippen molar-refractivity contribution in [2.45, 2.75) is 6.54 Å². The number of benzene rings is 1. The first-order valence-electron chi connectivity index (χ1n) is 7.35. The van der Waals surface area contributed by atoms with Crippen LogP contribution in [0.25, 0.3) is 6.08 Å². The van der Waals surface area contributed by atoms with E-state index in [1.165, 1.54) is 12.2 Å². The predicted molar refractivity (Wildman–Crippen MR) is 93.7 cm³/mol. The van der Waals surface area contributed by atoms with Gasteiger partial charge in [-0.2, -0.15) is 0 Å². The van der Waals surface area contributed by atoms with E-state index in [2.05, 4.69) is 5.32 Å². The number of amides is 1. The zero-order valence-electron chi connectivity index (χ0n) is 13.0. The SMILES string of the molecule is O=C(COC(=O)/C=C/c1cc(Cl)c2c(c1)OCO2)NCc1cccs1. The number of rotatable bonds is 6. The van der Waals surface area contributed by atoms with E-state index < -0.39 is 5.97 Å². The fourth-order valence-electron chi connectivity index (χ4n) is 2.08. The van der Waals surface area contributed by atoms with Gasteiger partial charge in [-0.05, 0) is 35.2 Å². The maximum atomic E-state index is 11.7. The lowest BCUT2D eigenvalue weighted by Gasteiger charge is -2.04. The quantitative estimate of drug-likeness (QED) is 0.617. The van der Waals surface area contributed by atoms with Gasteiger partial charge in [-0.15, -0.1) is 11.3 Å². The number of fused-ring (bicyclic) bond motifs is 1. The molecule has 0 saturated heterocycles. The maximum absolute atomic E-state index is 11.7. The Kier molecular flexibility index (Phi) is 5.57. The van der Waals surface area contributed by atoms with Crippen LogP contribution in [0, 0.1) is 0 Å². The molecular formula is C17H14ClNO5S. The Labute approximate surface area is 153 Å². The summed E-state index contributed by atoms with van der Waals surface area (Å²) in [6.45, 7) is 0.195. The number of hydrogen-bond donors (Lipinski definition) is 1. The van der Waals surface area contributed by atoms with Crippen LogP contribution in [0.3, 0.4) is 0 Å². The fourth-order valence-corrected chi connectivity index (χ4v) is 3.00. The van der Waals surface area contributed by atoms with Crippen LogP contribution in [0.5, 0.6) is 11.5 Å². The zero-order valence-corrected chi connectivity index (χ0v) is 14.6. The first-order chi connectivity index (χ1) is 12.1. The summed E-state index contributed by atoms with van der Waals surface area (Å²) < 4.78 is 15.4. The molecule has 0 saturated carbocycles. The molecule has 6 nitrogen and oxygen atoms in total. The number of esters is 1. The van der Waals surface area contributed by atoms with Crippen LogP contribution < -0.4 is 14.8 Å². The van der Waals surface area contributed by atoms with E-state index in [-0.39, 0.29) is 19.3 Å². The molecule has 3 rings (SSSR count). The van der Waals surface area contributed by atoms with Crippen LogP contribution in [-0.4, -0.2) is 25.3 Å². The molecule has 2 heterocycles. The topological polar surface area (TPSA) is 73.9 Å². The molecule has 0 radical (unpaired) electrons. The third kappa shape index (κ3) is 4.74. The van der Waals surface area contributed by atoms with Gasteiger partial charge in [0.05, 0.1) is 11.6 Å². The lowest BCUT2D eigenvalue weighted by molar-refractivity contribution is -0.143. The highest BCUT2D eigenvalue weighted by Crippen LogP contribution is 2.40. The number of nitrogens with one attached hydrogen (secondary N) is 1. The number of ether oxygens (including phenoxy) is 3. The average molecular weight is 380 g/mol. The highest BCUT2D eigenvalue weighted by molar-refractivity contribution is 7.09. The van der Waals surface area contributed by atoms with Gasteiger partial charge < -0.3 is 19.5 Å². The van der Waals surface area contributed by atoms with E-state index in [0.29, 0.717) is 28.6 Å². The standard InChI is InChI=1S/C17H14ClNO5S/c18-13-6-11(7-14-17(13)24-10-23-14)3-4-16(21)22-9-15(20)19-8-12-2-1-5-25-12/h1-7H,8-10H2,(H,19,20)/b4-3+. The van der Waals surface area contributed by atoms with Crippen molar-refractivity contribution < 1.29 is 23.8 Å². The molecule has 1 aromatic carbocycles. The third-order valence-electron chi connectivity index (χ3n) is 3.25. The largest absolute Gasteiger partial charge is 0.454 e. The molecule has 8 heteroatoms. The van der Waals surface area contributed by atoms with Crippen molar-refractivity contribution in [3.8, 4) is 11.5 Å². The summed E-state index contributed by atoms with van der Waals surface area (Å²) in [6, 6.07) is 7.16. The van der Waals surface area contributed by atoms with E-state index in [0.717, 1.165) is 4.88 Å². The lowest BCUT2D eigenvalue weighted by atomic mass is 10.2. The first-order valence-corrected chi connectivity index (χ1v) is 8.60. The Morgan fingerprint density at radius 2 is 2.24 bits per heavy atom. The minimum atomic E-state index is -0.625. The van der Waals surface area contributed by atoms with Crippen molar-refractivity contribution in [2.75, 3.05) is 13.4 Å². The van der Waals surface area contributed by atoms with Gasteiger partial charge in [-0.1, -0.05) is 17.7 Å². The van der Waals surface area contributed by atoms with Crippen molar-refractivity contribution in [3.05, 3.63) is 51.2 Å². The molecule has 1 aliphatic rings. The third-order valence-corrected chi connectivity index (χ3v) is 4.40. The maximum Gasteiger partial charge on any atom is 0.331 e. The van der Waals surface area contributed by atoms with Crippen LogP contribution in [0.4, 0.5) is 0 Å². The van der Waals surface area contributed by atoms with Gasteiger partial charge >= 0.3 is 5.97 Å². The lowest BCUT2D eigenvalue weighted by Crippen LogP contribution is -2.27. The van der Waals surface area contributed by atoms with Gasteiger partial charge in [0.15, 0.2) is 18.1 Å². The van der Waals surface area contributed by atoms with Crippen molar-refractivity contribution in [1.82, 2.24) is 5.32 Å². The van der Waals surface area contributed by atoms with Crippen LogP contribution in [0.1, 0.15) is 10.4 Å². The number of carbonyl (C=O) groups excluding carboxylic acids is 2. The van der Waals surface area contributed by atoms with E-state index >= 15 is 0 Å². The molecule has 25 heavy (non-hydrogen) atoms. The van der Waals surface area contributed by atoms with Gasteiger partial charge in [-0.3, -0.25) is 4.79 Å². The number of thiophene rings is 1. The molecule has 1 N–H and O–H groups in total. The summed E-state index contributed by atoms with van der Waals surface area (Å²) in [5, 5.41) is 5.00. The normalized spacial score (nSPS) is 12.4. The first kappa shape index (κ1) is 17.3. The second kappa shape index (κ2) is 8.04. The summed E-state index contributed by atoms with van der Waals surface area (Å²) in [7, 11) is 0. The Bertz CT molecular complexity index is 804. The Morgan fingerprint density at radius 3 is 3.04 bits per heavy atom. The number of carbonyl (C=O) groups is 2. The van der Waals surface area contributed by atoms with Crippen molar-refractivity contribution in [2.24, 2.45) is 0 Å². The van der Waals surface area contributed by atoms with E-state index in [1.807, 2.05) is 17.5 Å². The minimum Gasteiger partial charge on any atom is -0.454 e. The molecule has 2 aromatic rings. The summed E-state index contributed by atoms with van der Waals surface area (Å²) in [4.78, 5) is 24.4. The molecule has 0 spiro atoms. The summed E-state index contributed by atoms with van der Waals surface area (Å²) >= 11 is 7.60. The van der Waals surface area contributed by atoms with Crippen molar-refractivity contribution in [1.29, 1.82) is 0 Å². The Morgan fingerprint density at radius 1 is 1.36 bits per heavy atom. The molecule has 130 valence electrons. The van der Waals surface area contributed by atoms with Gasteiger partial charge in [0.25, 0.3) is 5.91 Å². The summed E-state index contributed by atoms with van der Waals surface area (Å²) in [5.41, 5.74) is 0.661. The fraction of sp³-hybridized carbons (Fsp3) is 0.176. The van der Waals surface area contributed by atoms with Gasteiger partial charge in [0.2, 0.25) is 6.79 Å². The number of halogens is 1. The van der Waals surface area contributed by atoms with E-state index in [4.69, 9.17) is 25.8 Å². The van der Waals surface area contributed by atoms with E-state index in [9.17, 15) is 9.59 Å². The molecule has 0 fully saturated rings. The molecule has 0 unspecified atom stereocenters. The predicted octanol–water partition coefficient (Wildman–Crippen LogP) is 3.00. The molecular weight excluding hydrogens is 366 g/mol. The highest BCUT2D eigenvalue weighted by Gasteiger charge is 2.17. The van der Waals surface area contributed by atoms with Gasteiger partial charge in [-0.25, -0.2) is 4.79 Å². The summed E-state index contributed by atoms with van der Waals surface area (Å²) in [6.07, 6.45) is 2.75. The molecule has 0 bridgehead atoms. The molecule has 1 aliphatic heterocycles. The highest BCUT2D eigenvalue weighted by atomic mass is 35.5. The molecule has 0 aliphatic carbocycles. The Hall–Kier alpha value is -2.51. The molecule has 1 amide bonds. The summed E-state index contributed by atoms with van der Waals surface area (Å²) in [5.74, 6) is 0.0265. The van der Waals surface area contributed by atoms with Gasteiger partial charge in [0.1, 0.15) is 0 Å². The molecule has 0 atom stereocenters. The average Bonchev–Trinajstić information content (AvgIpc) is 3.27. The van der Waals surface area contributed by atoms with Crippen molar-refractivity contribution >= 4 is 40.9 Å². The van der Waals surface area contributed by atoms with Crippen LogP contribution in [0.15, 0.2) is 35.7 Å². The van der Waals surface area contributed by atoms with Crippen LogP contribution in [-0.2, 0) is 20.9 Å². The molecule has 1 aromatic heterocycles. The van der Waals surface area contributed by atoms with Crippen LogP contribution in [0.2, 0.25) is 5.02 Å². The number of hydrogen-bond acceptors (Lipinski definition) is 6. The van der Waals surface area contributed by atoms with Crippen molar-refractivity contribution in [3.63, 3.8) is 0 Å². The van der Waals surface area contributed by atoms with Crippen LogP contribution >= 0.6 is 22.9 Å². The monoisotopic (exact) mass is 379 g/mol. The second-order valence-electron chi connectivity index (χ2n) is 5.03. The zero-order chi connectivity index (χ0) is 17.6. The Balaban J connectivity index is 1.46.